The Morgan fingerprint density at radius 2 is 1.78 bits per heavy atom. The Morgan fingerprint density at radius 1 is 1.11 bits per heavy atom. The van der Waals surface area contributed by atoms with E-state index in [1.54, 1.807) is 6.07 Å². The number of aryl methyl sites for hydroxylation is 2. The Bertz CT molecular complexity index is 1290. The fourth-order valence-corrected chi connectivity index (χ4v) is 4.67. The number of amides is 3. The second-order valence-corrected chi connectivity index (χ2v) is 9.55. The summed E-state index contributed by atoms with van der Waals surface area (Å²) in [6.07, 6.45) is 0. The van der Waals surface area contributed by atoms with Crippen LogP contribution >= 0.6 is 11.5 Å². The minimum atomic E-state index is -1.06. The summed E-state index contributed by atoms with van der Waals surface area (Å²) >= 11 is 0.771. The number of methoxy groups -OCH3 is 1. The van der Waals surface area contributed by atoms with Crippen LogP contribution in [0.1, 0.15) is 42.9 Å². The van der Waals surface area contributed by atoms with E-state index in [1.807, 2.05) is 69.2 Å². The summed E-state index contributed by atoms with van der Waals surface area (Å²) in [5.74, 6) is -1.81. The van der Waals surface area contributed by atoms with E-state index in [4.69, 9.17) is 16.2 Å². The number of anilines is 3. The summed E-state index contributed by atoms with van der Waals surface area (Å²) in [7, 11) is 5.37. The highest BCUT2D eigenvalue weighted by atomic mass is 32.1. The highest BCUT2D eigenvalue weighted by Gasteiger charge is 2.36. The van der Waals surface area contributed by atoms with Crippen LogP contribution in [0, 0.1) is 13.8 Å². The maximum Gasteiger partial charge on any atom is 0.273 e. The summed E-state index contributed by atoms with van der Waals surface area (Å²) in [4.78, 5) is 42.9. The number of aromatic nitrogens is 1. The van der Waals surface area contributed by atoms with Crippen LogP contribution in [0.3, 0.4) is 0 Å². The van der Waals surface area contributed by atoms with Gasteiger partial charge in [-0.2, -0.15) is 4.37 Å². The molecule has 0 unspecified atom stereocenters. The van der Waals surface area contributed by atoms with E-state index < -0.39 is 23.8 Å². The molecule has 1 aromatic heterocycles. The number of nitrogens with two attached hydrogens (primary N) is 2. The standard InChI is InChI=1S/C26H32N6O4S/c1-15-6-11-19(16(2)14-15)32(26(35)23-20(27)21(24(28)33)30-37-23)22(25(34)29-12-13-36-5)17-7-9-18(10-8-17)31(3)4/h6-11,14,22H,12-13,27H2,1-5H3,(H2,28,33)(H,29,34)/t22-/m0/s1. The molecule has 2 aromatic carbocycles. The van der Waals surface area contributed by atoms with E-state index in [-0.39, 0.29) is 22.8 Å². The maximum atomic E-state index is 14.1. The number of carbonyl (C=O) groups is 3. The number of ether oxygens (including phenoxy) is 1. The molecule has 1 heterocycles. The van der Waals surface area contributed by atoms with Crippen LogP contribution in [0.5, 0.6) is 0 Å². The van der Waals surface area contributed by atoms with Gasteiger partial charge in [-0.1, -0.05) is 29.8 Å². The normalized spacial score (nSPS) is 11.6. The highest BCUT2D eigenvalue weighted by Crippen LogP contribution is 2.35. The summed E-state index contributed by atoms with van der Waals surface area (Å²) in [5, 5.41) is 2.86. The van der Waals surface area contributed by atoms with Gasteiger partial charge < -0.3 is 26.4 Å². The van der Waals surface area contributed by atoms with Crippen molar-refractivity contribution in [2.45, 2.75) is 19.9 Å². The Hall–Kier alpha value is -3.96. The first-order valence-corrected chi connectivity index (χ1v) is 12.3. The van der Waals surface area contributed by atoms with E-state index in [9.17, 15) is 14.4 Å². The molecule has 3 amide bonds. The molecule has 5 N–H and O–H groups in total. The Labute approximate surface area is 220 Å². The number of nitrogen functional groups attached to an aromatic ring is 1. The van der Waals surface area contributed by atoms with Crippen molar-refractivity contribution < 1.29 is 19.1 Å². The van der Waals surface area contributed by atoms with Gasteiger partial charge in [0.15, 0.2) is 5.69 Å². The topological polar surface area (TPSA) is 144 Å². The number of carbonyl (C=O) groups excluding carboxylic acids is 3. The van der Waals surface area contributed by atoms with Crippen LogP contribution in [-0.2, 0) is 9.53 Å². The number of benzene rings is 2. The third-order valence-electron chi connectivity index (χ3n) is 5.82. The monoisotopic (exact) mass is 524 g/mol. The average Bonchev–Trinajstić information content (AvgIpc) is 3.24. The van der Waals surface area contributed by atoms with Gasteiger partial charge >= 0.3 is 0 Å². The first-order chi connectivity index (χ1) is 17.6. The van der Waals surface area contributed by atoms with Gasteiger partial charge in [0.05, 0.1) is 12.3 Å². The maximum absolute atomic E-state index is 14.1. The highest BCUT2D eigenvalue weighted by molar-refractivity contribution is 7.09. The van der Waals surface area contributed by atoms with E-state index in [1.165, 1.54) is 12.0 Å². The second-order valence-electron chi connectivity index (χ2n) is 8.78. The summed E-state index contributed by atoms with van der Waals surface area (Å²) in [5.41, 5.74) is 15.0. The Morgan fingerprint density at radius 3 is 2.32 bits per heavy atom. The lowest BCUT2D eigenvalue weighted by Gasteiger charge is -2.32. The third-order valence-corrected chi connectivity index (χ3v) is 6.67. The van der Waals surface area contributed by atoms with Crippen molar-refractivity contribution in [1.29, 1.82) is 0 Å². The number of nitrogens with zero attached hydrogens (tertiary/aromatic N) is 3. The molecule has 196 valence electrons. The summed E-state index contributed by atoms with van der Waals surface area (Å²) in [6, 6.07) is 11.9. The minimum Gasteiger partial charge on any atom is -0.395 e. The lowest BCUT2D eigenvalue weighted by atomic mass is 10.00. The van der Waals surface area contributed by atoms with Crippen LogP contribution < -0.4 is 26.6 Å². The molecular weight excluding hydrogens is 492 g/mol. The molecule has 10 nitrogen and oxygen atoms in total. The largest absolute Gasteiger partial charge is 0.395 e. The molecule has 0 fully saturated rings. The predicted molar refractivity (Wildman–Crippen MR) is 146 cm³/mol. The number of hydrogen-bond donors (Lipinski definition) is 3. The van der Waals surface area contributed by atoms with E-state index in [0.717, 1.165) is 28.3 Å². The minimum absolute atomic E-state index is 0.0216. The van der Waals surface area contributed by atoms with E-state index >= 15 is 0 Å². The molecule has 11 heteroatoms. The second kappa shape index (κ2) is 11.8. The molecular formula is C26H32N6O4S. The fraction of sp³-hybridized carbons (Fsp3) is 0.308. The third kappa shape index (κ3) is 6.07. The van der Waals surface area contributed by atoms with Crippen LogP contribution in [0.4, 0.5) is 17.1 Å². The van der Waals surface area contributed by atoms with Crippen molar-refractivity contribution >= 4 is 46.3 Å². The zero-order chi connectivity index (χ0) is 27.3. The first kappa shape index (κ1) is 27.6. The molecule has 0 saturated heterocycles. The SMILES string of the molecule is COCCNC(=O)[C@H](c1ccc(N(C)C)cc1)N(C(=O)c1snc(C(N)=O)c1N)c1ccc(C)cc1C. The van der Waals surface area contributed by atoms with Crippen molar-refractivity contribution in [2.24, 2.45) is 5.73 Å². The number of hydrogen-bond acceptors (Lipinski definition) is 8. The number of rotatable bonds is 10. The number of primary amides is 1. The zero-order valence-corrected chi connectivity index (χ0v) is 22.4. The van der Waals surface area contributed by atoms with Crippen molar-refractivity contribution in [1.82, 2.24) is 9.69 Å². The molecule has 0 aliphatic carbocycles. The average molecular weight is 525 g/mol. The molecule has 0 aliphatic rings. The van der Waals surface area contributed by atoms with Gasteiger partial charge in [0.1, 0.15) is 10.9 Å². The van der Waals surface area contributed by atoms with Gasteiger partial charge in [-0.3, -0.25) is 19.3 Å². The fourth-order valence-electron chi connectivity index (χ4n) is 3.93. The molecule has 0 aliphatic heterocycles. The summed E-state index contributed by atoms with van der Waals surface area (Å²) < 4.78 is 9.08. The molecule has 3 aromatic rings. The smallest absolute Gasteiger partial charge is 0.273 e. The Balaban J connectivity index is 2.22. The lowest BCUT2D eigenvalue weighted by molar-refractivity contribution is -0.122. The van der Waals surface area contributed by atoms with Gasteiger partial charge in [0, 0.05) is 39.1 Å². The van der Waals surface area contributed by atoms with E-state index in [2.05, 4.69) is 9.69 Å². The quantitative estimate of drug-likeness (QED) is 0.346. The molecule has 0 radical (unpaired) electrons. The summed E-state index contributed by atoms with van der Waals surface area (Å²) in [6.45, 7) is 4.37. The van der Waals surface area contributed by atoms with Gasteiger partial charge in [0.2, 0.25) is 5.91 Å². The predicted octanol–water partition coefficient (Wildman–Crippen LogP) is 2.66. The lowest BCUT2D eigenvalue weighted by Crippen LogP contribution is -2.45. The van der Waals surface area contributed by atoms with Crippen LogP contribution in [-0.4, -0.2) is 56.5 Å². The van der Waals surface area contributed by atoms with Crippen LogP contribution in [0.2, 0.25) is 0 Å². The van der Waals surface area contributed by atoms with Gasteiger partial charge in [-0.05, 0) is 54.7 Å². The molecule has 0 saturated carbocycles. The van der Waals surface area contributed by atoms with Gasteiger partial charge in [0.25, 0.3) is 11.8 Å². The van der Waals surface area contributed by atoms with Crippen LogP contribution in [0.25, 0.3) is 0 Å². The number of nitrogens with one attached hydrogen (secondary N) is 1. The molecule has 0 bridgehead atoms. The van der Waals surface area contributed by atoms with Crippen molar-refractivity contribution in [3.63, 3.8) is 0 Å². The van der Waals surface area contributed by atoms with Crippen molar-refractivity contribution in [3.8, 4) is 0 Å². The zero-order valence-electron chi connectivity index (χ0n) is 21.6. The molecule has 3 rings (SSSR count). The van der Waals surface area contributed by atoms with Crippen molar-refractivity contribution in [3.05, 3.63) is 69.7 Å². The molecule has 0 spiro atoms. The van der Waals surface area contributed by atoms with E-state index in [0.29, 0.717) is 17.9 Å². The van der Waals surface area contributed by atoms with Crippen LogP contribution in [0.15, 0.2) is 42.5 Å². The molecule has 37 heavy (non-hydrogen) atoms. The first-order valence-electron chi connectivity index (χ1n) is 11.6. The van der Waals surface area contributed by atoms with Gasteiger partial charge in [-0.25, -0.2) is 0 Å². The Kier molecular flexibility index (Phi) is 8.85. The van der Waals surface area contributed by atoms with Crippen molar-refractivity contribution in [2.75, 3.05) is 49.9 Å². The van der Waals surface area contributed by atoms with Gasteiger partial charge in [-0.15, -0.1) is 0 Å². The molecule has 1 atom stereocenters.